The Morgan fingerprint density at radius 3 is 2.71 bits per heavy atom. The molecule has 1 rings (SSSR count). The van der Waals surface area contributed by atoms with Crippen molar-refractivity contribution in [2.45, 2.75) is 26.1 Å². The highest BCUT2D eigenvalue weighted by Gasteiger charge is 2.36. The molecule has 1 aliphatic rings. The number of methoxy groups -OCH3 is 1. The lowest BCUT2D eigenvalue weighted by atomic mass is 9.88. The van der Waals surface area contributed by atoms with Crippen LogP contribution < -0.4 is 0 Å². The molecule has 3 nitrogen and oxygen atoms in total. The van der Waals surface area contributed by atoms with Gasteiger partial charge in [-0.05, 0) is 11.5 Å². The van der Waals surface area contributed by atoms with Crippen molar-refractivity contribution in [2.24, 2.45) is 5.92 Å². The molecule has 1 aliphatic heterocycles. The van der Waals surface area contributed by atoms with Crippen molar-refractivity contribution >= 4 is 5.97 Å². The van der Waals surface area contributed by atoms with Crippen molar-refractivity contribution in [2.75, 3.05) is 7.11 Å². The van der Waals surface area contributed by atoms with Crippen LogP contribution in [0.2, 0.25) is 0 Å². The van der Waals surface area contributed by atoms with Crippen molar-refractivity contribution in [1.29, 1.82) is 0 Å². The zero-order valence-corrected chi connectivity index (χ0v) is 8.82. The maximum absolute atomic E-state index is 11.1. The van der Waals surface area contributed by atoms with Gasteiger partial charge in [0, 0.05) is 6.08 Å². The SMILES string of the molecule is C=C[C@H]1O[C@H](C(C)C)/C1=C/C(=O)OC. The molecule has 0 spiro atoms. The van der Waals surface area contributed by atoms with E-state index in [4.69, 9.17) is 4.74 Å². The van der Waals surface area contributed by atoms with Crippen LogP contribution in [0.1, 0.15) is 13.8 Å². The summed E-state index contributed by atoms with van der Waals surface area (Å²) >= 11 is 0. The molecule has 1 fully saturated rings. The maximum atomic E-state index is 11.1. The molecular weight excluding hydrogens is 180 g/mol. The van der Waals surface area contributed by atoms with E-state index in [0.29, 0.717) is 5.92 Å². The Balaban J connectivity index is 2.75. The second kappa shape index (κ2) is 4.42. The number of rotatable bonds is 3. The monoisotopic (exact) mass is 196 g/mol. The van der Waals surface area contributed by atoms with E-state index in [1.165, 1.54) is 13.2 Å². The fourth-order valence-corrected chi connectivity index (χ4v) is 1.50. The summed E-state index contributed by atoms with van der Waals surface area (Å²) in [5, 5.41) is 0. The van der Waals surface area contributed by atoms with E-state index in [2.05, 4.69) is 25.2 Å². The third-order valence-corrected chi connectivity index (χ3v) is 2.26. The van der Waals surface area contributed by atoms with Crippen molar-refractivity contribution in [1.82, 2.24) is 0 Å². The minimum atomic E-state index is -0.333. The maximum Gasteiger partial charge on any atom is 0.330 e. The van der Waals surface area contributed by atoms with Gasteiger partial charge in [0.2, 0.25) is 0 Å². The lowest BCUT2D eigenvalue weighted by Crippen LogP contribution is -2.43. The van der Waals surface area contributed by atoms with Crippen LogP contribution in [0.3, 0.4) is 0 Å². The van der Waals surface area contributed by atoms with Crippen LogP contribution in [0.5, 0.6) is 0 Å². The average Bonchev–Trinajstić information content (AvgIpc) is 2.12. The third kappa shape index (κ3) is 2.04. The molecule has 1 saturated heterocycles. The van der Waals surface area contributed by atoms with Gasteiger partial charge in [-0.2, -0.15) is 0 Å². The van der Waals surface area contributed by atoms with Crippen LogP contribution in [-0.4, -0.2) is 25.3 Å². The summed E-state index contributed by atoms with van der Waals surface area (Å²) in [5.41, 5.74) is 0.960. The van der Waals surface area contributed by atoms with Gasteiger partial charge < -0.3 is 9.47 Å². The second-order valence-corrected chi connectivity index (χ2v) is 3.62. The Kier molecular flexibility index (Phi) is 3.47. The van der Waals surface area contributed by atoms with Gasteiger partial charge >= 0.3 is 5.97 Å². The Morgan fingerprint density at radius 2 is 2.29 bits per heavy atom. The molecule has 0 bridgehead atoms. The molecule has 1 heterocycles. The molecule has 0 radical (unpaired) electrons. The van der Waals surface area contributed by atoms with Crippen molar-refractivity contribution in [3.05, 3.63) is 24.3 Å². The van der Waals surface area contributed by atoms with Gasteiger partial charge in [-0.15, -0.1) is 6.58 Å². The summed E-state index contributed by atoms with van der Waals surface area (Å²) in [7, 11) is 1.37. The average molecular weight is 196 g/mol. The van der Waals surface area contributed by atoms with Gasteiger partial charge in [0.15, 0.2) is 0 Å². The molecule has 0 N–H and O–H groups in total. The van der Waals surface area contributed by atoms with E-state index in [1.54, 1.807) is 6.08 Å². The van der Waals surface area contributed by atoms with Crippen molar-refractivity contribution < 1.29 is 14.3 Å². The Hall–Kier alpha value is -1.09. The number of hydrogen-bond donors (Lipinski definition) is 0. The first kappa shape index (κ1) is 11.0. The van der Waals surface area contributed by atoms with Crippen LogP contribution in [0.25, 0.3) is 0 Å². The molecule has 78 valence electrons. The molecule has 0 aromatic carbocycles. The summed E-state index contributed by atoms with van der Waals surface area (Å²) in [4.78, 5) is 11.1. The van der Waals surface area contributed by atoms with E-state index in [-0.39, 0.29) is 18.2 Å². The third-order valence-electron chi connectivity index (χ3n) is 2.26. The standard InChI is InChI=1S/C11H16O3/c1-5-9-8(6-10(12)13-4)11(14-9)7(2)3/h5-7,9,11H,1H2,2-4H3/b8-6+/t9-,11-/m1/s1. The lowest BCUT2D eigenvalue weighted by molar-refractivity contribution is -0.135. The number of hydrogen-bond acceptors (Lipinski definition) is 3. The fraction of sp³-hybridized carbons (Fsp3) is 0.545. The van der Waals surface area contributed by atoms with E-state index >= 15 is 0 Å². The number of carbonyl (C=O) groups excluding carboxylic acids is 1. The Bertz CT molecular complexity index is 266. The summed E-state index contributed by atoms with van der Waals surface area (Å²) < 4.78 is 10.1. The van der Waals surface area contributed by atoms with Gasteiger partial charge in [0.05, 0.1) is 13.2 Å². The highest BCUT2D eigenvalue weighted by molar-refractivity contribution is 5.83. The molecule has 0 amide bonds. The molecule has 3 heteroatoms. The minimum absolute atomic E-state index is 0.0251. The number of ether oxygens (including phenoxy) is 2. The molecule has 0 aromatic rings. The van der Waals surface area contributed by atoms with Crippen molar-refractivity contribution in [3.63, 3.8) is 0 Å². The molecular formula is C11H16O3. The van der Waals surface area contributed by atoms with Gasteiger partial charge in [-0.3, -0.25) is 0 Å². The zero-order chi connectivity index (χ0) is 10.7. The predicted molar refractivity (Wildman–Crippen MR) is 53.8 cm³/mol. The fourth-order valence-electron chi connectivity index (χ4n) is 1.50. The smallest absolute Gasteiger partial charge is 0.330 e. The molecule has 0 aliphatic carbocycles. The molecule has 0 unspecified atom stereocenters. The van der Waals surface area contributed by atoms with Crippen molar-refractivity contribution in [3.8, 4) is 0 Å². The van der Waals surface area contributed by atoms with E-state index in [1.807, 2.05) is 0 Å². The minimum Gasteiger partial charge on any atom is -0.466 e. The van der Waals surface area contributed by atoms with Crippen LogP contribution in [-0.2, 0) is 14.3 Å². The summed E-state index contributed by atoms with van der Waals surface area (Å²) in [6.45, 7) is 7.74. The molecule has 14 heavy (non-hydrogen) atoms. The van der Waals surface area contributed by atoms with Gasteiger partial charge in [0.25, 0.3) is 0 Å². The number of esters is 1. The van der Waals surface area contributed by atoms with E-state index in [9.17, 15) is 4.79 Å². The van der Waals surface area contributed by atoms with Gasteiger partial charge in [-0.25, -0.2) is 4.79 Å². The van der Waals surface area contributed by atoms with Gasteiger partial charge in [0.1, 0.15) is 6.10 Å². The van der Waals surface area contributed by atoms with Crippen LogP contribution in [0.4, 0.5) is 0 Å². The predicted octanol–water partition coefficient (Wildman–Crippen LogP) is 1.70. The largest absolute Gasteiger partial charge is 0.466 e. The van der Waals surface area contributed by atoms with Crippen LogP contribution >= 0.6 is 0 Å². The first-order valence-electron chi connectivity index (χ1n) is 4.67. The Labute approximate surface area is 84.4 Å². The van der Waals surface area contributed by atoms with Gasteiger partial charge in [-0.1, -0.05) is 19.9 Å². The molecule has 2 atom stereocenters. The topological polar surface area (TPSA) is 35.5 Å². The quantitative estimate of drug-likeness (QED) is 0.391. The highest BCUT2D eigenvalue weighted by atomic mass is 16.5. The summed E-state index contributed by atoms with van der Waals surface area (Å²) in [5.74, 6) is 0.0305. The molecule has 0 aromatic heterocycles. The van der Waals surface area contributed by atoms with Crippen LogP contribution in [0, 0.1) is 5.92 Å². The first-order chi connectivity index (χ1) is 6.60. The lowest BCUT2D eigenvalue weighted by Gasteiger charge is -2.40. The Morgan fingerprint density at radius 1 is 1.64 bits per heavy atom. The van der Waals surface area contributed by atoms with Crippen LogP contribution in [0.15, 0.2) is 24.3 Å². The zero-order valence-electron chi connectivity index (χ0n) is 8.82. The first-order valence-corrected chi connectivity index (χ1v) is 4.67. The highest BCUT2D eigenvalue weighted by Crippen LogP contribution is 2.33. The normalized spacial score (nSPS) is 28.7. The van der Waals surface area contributed by atoms with E-state index in [0.717, 1.165) is 5.57 Å². The number of carbonyl (C=O) groups is 1. The molecule has 0 saturated carbocycles. The summed E-state index contributed by atoms with van der Waals surface area (Å²) in [6.07, 6.45) is 3.09. The summed E-state index contributed by atoms with van der Waals surface area (Å²) in [6, 6.07) is 0. The van der Waals surface area contributed by atoms with E-state index < -0.39 is 0 Å². The second-order valence-electron chi connectivity index (χ2n) is 3.62.